The SMILES string of the molecule is CCCOc1ccc(-c2ccc([C@H]3CCC(c4c(F)cccc4F)=N3)cc2)cn1. The number of hydrogen-bond acceptors (Lipinski definition) is 3. The molecular formula is C24H22F2N2O. The van der Waals surface area contributed by atoms with Crippen molar-refractivity contribution in [2.24, 2.45) is 4.99 Å². The molecule has 1 atom stereocenters. The maximum absolute atomic E-state index is 14.0. The molecule has 1 aliphatic rings. The van der Waals surface area contributed by atoms with E-state index in [1.807, 2.05) is 36.4 Å². The third-order valence-electron chi connectivity index (χ3n) is 5.04. The second-order valence-electron chi connectivity index (χ2n) is 7.08. The van der Waals surface area contributed by atoms with E-state index in [0.717, 1.165) is 29.5 Å². The minimum atomic E-state index is -0.557. The minimum Gasteiger partial charge on any atom is -0.478 e. The molecule has 29 heavy (non-hydrogen) atoms. The molecule has 0 spiro atoms. The molecule has 0 saturated heterocycles. The summed E-state index contributed by atoms with van der Waals surface area (Å²) in [6, 6.07) is 15.8. The molecule has 0 fully saturated rings. The maximum Gasteiger partial charge on any atom is 0.213 e. The predicted octanol–water partition coefficient (Wildman–Crippen LogP) is 6.14. The third-order valence-corrected chi connectivity index (χ3v) is 5.04. The Morgan fingerprint density at radius 1 is 0.966 bits per heavy atom. The van der Waals surface area contributed by atoms with Gasteiger partial charge in [-0.1, -0.05) is 37.3 Å². The Labute approximate surface area is 169 Å². The van der Waals surface area contributed by atoms with Crippen LogP contribution in [0, 0.1) is 11.6 Å². The second kappa shape index (κ2) is 8.52. The van der Waals surface area contributed by atoms with Crippen LogP contribution in [0.2, 0.25) is 0 Å². The smallest absolute Gasteiger partial charge is 0.213 e. The lowest BCUT2D eigenvalue weighted by Gasteiger charge is -2.09. The van der Waals surface area contributed by atoms with Crippen molar-refractivity contribution in [3.63, 3.8) is 0 Å². The van der Waals surface area contributed by atoms with E-state index < -0.39 is 11.6 Å². The molecule has 0 N–H and O–H groups in total. The summed E-state index contributed by atoms with van der Waals surface area (Å²) in [6.07, 6.45) is 4.05. The van der Waals surface area contributed by atoms with Crippen LogP contribution >= 0.6 is 0 Å². The van der Waals surface area contributed by atoms with Crippen LogP contribution < -0.4 is 4.74 Å². The Kier molecular flexibility index (Phi) is 5.65. The van der Waals surface area contributed by atoms with Crippen LogP contribution in [0.3, 0.4) is 0 Å². The van der Waals surface area contributed by atoms with Crippen molar-refractivity contribution in [3.8, 4) is 17.0 Å². The van der Waals surface area contributed by atoms with Crippen molar-refractivity contribution < 1.29 is 13.5 Å². The number of hydrogen-bond donors (Lipinski definition) is 0. The van der Waals surface area contributed by atoms with E-state index in [1.54, 1.807) is 6.20 Å². The molecule has 0 radical (unpaired) electrons. The molecule has 1 aromatic heterocycles. The summed E-state index contributed by atoms with van der Waals surface area (Å²) >= 11 is 0. The highest BCUT2D eigenvalue weighted by atomic mass is 19.1. The molecule has 4 rings (SSSR count). The summed E-state index contributed by atoms with van der Waals surface area (Å²) in [5.74, 6) is -0.488. The fourth-order valence-electron chi connectivity index (χ4n) is 3.54. The fourth-order valence-corrected chi connectivity index (χ4v) is 3.54. The molecule has 1 aliphatic heterocycles. The van der Waals surface area contributed by atoms with Gasteiger partial charge in [0.25, 0.3) is 0 Å². The van der Waals surface area contributed by atoms with Crippen LogP contribution in [0.15, 0.2) is 65.8 Å². The quantitative estimate of drug-likeness (QED) is 0.505. The summed E-state index contributed by atoms with van der Waals surface area (Å²) in [6.45, 7) is 2.71. The average molecular weight is 392 g/mol. The summed E-state index contributed by atoms with van der Waals surface area (Å²) < 4.78 is 33.6. The average Bonchev–Trinajstić information content (AvgIpc) is 3.22. The molecular weight excluding hydrogens is 370 g/mol. The van der Waals surface area contributed by atoms with E-state index in [0.29, 0.717) is 24.6 Å². The predicted molar refractivity (Wildman–Crippen MR) is 110 cm³/mol. The number of aromatic nitrogens is 1. The summed E-state index contributed by atoms with van der Waals surface area (Å²) in [7, 11) is 0. The van der Waals surface area contributed by atoms with E-state index in [4.69, 9.17) is 4.74 Å². The number of halogens is 2. The molecule has 0 saturated carbocycles. The van der Waals surface area contributed by atoms with Crippen LogP contribution in [-0.4, -0.2) is 17.3 Å². The van der Waals surface area contributed by atoms with Crippen LogP contribution in [0.5, 0.6) is 5.88 Å². The van der Waals surface area contributed by atoms with Crippen molar-refractivity contribution in [3.05, 3.63) is 83.6 Å². The first-order valence-electron chi connectivity index (χ1n) is 9.86. The lowest BCUT2D eigenvalue weighted by atomic mass is 10.00. The van der Waals surface area contributed by atoms with E-state index in [9.17, 15) is 8.78 Å². The maximum atomic E-state index is 14.0. The van der Waals surface area contributed by atoms with E-state index in [-0.39, 0.29) is 11.6 Å². The van der Waals surface area contributed by atoms with Crippen molar-refractivity contribution in [2.45, 2.75) is 32.2 Å². The van der Waals surface area contributed by atoms with Crippen LogP contribution in [-0.2, 0) is 0 Å². The van der Waals surface area contributed by atoms with Gasteiger partial charge in [-0.3, -0.25) is 4.99 Å². The van der Waals surface area contributed by atoms with Crippen molar-refractivity contribution >= 4 is 5.71 Å². The highest BCUT2D eigenvalue weighted by Crippen LogP contribution is 2.33. The van der Waals surface area contributed by atoms with E-state index >= 15 is 0 Å². The van der Waals surface area contributed by atoms with Crippen molar-refractivity contribution in [1.29, 1.82) is 0 Å². The molecule has 3 aromatic rings. The normalized spacial score (nSPS) is 16.0. The van der Waals surface area contributed by atoms with Gasteiger partial charge in [-0.15, -0.1) is 0 Å². The minimum absolute atomic E-state index is 0.00285. The Morgan fingerprint density at radius 2 is 1.69 bits per heavy atom. The first-order valence-corrected chi connectivity index (χ1v) is 9.86. The molecule has 2 heterocycles. The lowest BCUT2D eigenvalue weighted by molar-refractivity contribution is 0.305. The zero-order chi connectivity index (χ0) is 20.2. The number of ether oxygens (including phenoxy) is 1. The number of pyridine rings is 1. The Morgan fingerprint density at radius 3 is 2.34 bits per heavy atom. The Hall–Kier alpha value is -3.08. The molecule has 0 aliphatic carbocycles. The monoisotopic (exact) mass is 392 g/mol. The first-order chi connectivity index (χ1) is 14.2. The van der Waals surface area contributed by atoms with Gasteiger partial charge in [0.15, 0.2) is 0 Å². The van der Waals surface area contributed by atoms with E-state index in [1.165, 1.54) is 18.2 Å². The first kappa shape index (κ1) is 19.2. The standard InChI is InChI=1S/C24H22F2N2O/c1-2-14-29-23-13-10-18(15-27-23)16-6-8-17(9-7-16)21-11-12-22(28-21)24-19(25)4-3-5-20(24)26/h3-10,13,15,21H,2,11-12,14H2,1H3/t21-/m1/s1. The number of nitrogens with zero attached hydrogens (tertiary/aromatic N) is 2. The van der Waals surface area contributed by atoms with Crippen LogP contribution in [0.1, 0.15) is 43.4 Å². The van der Waals surface area contributed by atoms with Gasteiger partial charge in [-0.25, -0.2) is 13.8 Å². The zero-order valence-corrected chi connectivity index (χ0v) is 16.2. The van der Waals surface area contributed by atoms with Crippen LogP contribution in [0.25, 0.3) is 11.1 Å². The number of rotatable bonds is 6. The van der Waals surface area contributed by atoms with Crippen molar-refractivity contribution in [1.82, 2.24) is 4.98 Å². The van der Waals surface area contributed by atoms with E-state index in [2.05, 4.69) is 16.9 Å². The topological polar surface area (TPSA) is 34.5 Å². The molecule has 0 bridgehead atoms. The summed E-state index contributed by atoms with van der Waals surface area (Å²) in [4.78, 5) is 8.94. The molecule has 0 unspecified atom stereocenters. The van der Waals surface area contributed by atoms with Crippen molar-refractivity contribution in [2.75, 3.05) is 6.61 Å². The van der Waals surface area contributed by atoms with Gasteiger partial charge in [-0.05, 0) is 48.6 Å². The third kappa shape index (κ3) is 4.19. The van der Waals surface area contributed by atoms with Gasteiger partial charge in [0.05, 0.1) is 18.2 Å². The fraction of sp³-hybridized carbons (Fsp3) is 0.250. The largest absolute Gasteiger partial charge is 0.478 e. The van der Waals surface area contributed by atoms with Gasteiger partial charge in [0.2, 0.25) is 5.88 Å². The zero-order valence-electron chi connectivity index (χ0n) is 16.2. The van der Waals surface area contributed by atoms with Gasteiger partial charge < -0.3 is 4.74 Å². The number of aliphatic imine (C=N–C) groups is 1. The number of benzene rings is 2. The summed E-state index contributed by atoms with van der Waals surface area (Å²) in [5, 5.41) is 0. The van der Waals surface area contributed by atoms with Gasteiger partial charge >= 0.3 is 0 Å². The molecule has 3 nitrogen and oxygen atoms in total. The summed E-state index contributed by atoms with van der Waals surface area (Å²) in [5.41, 5.74) is 3.59. The Bertz CT molecular complexity index is 994. The van der Waals surface area contributed by atoms with Crippen LogP contribution in [0.4, 0.5) is 8.78 Å². The second-order valence-corrected chi connectivity index (χ2v) is 7.08. The highest BCUT2D eigenvalue weighted by molar-refractivity contribution is 6.02. The van der Waals surface area contributed by atoms with Gasteiger partial charge in [-0.2, -0.15) is 0 Å². The highest BCUT2D eigenvalue weighted by Gasteiger charge is 2.24. The molecule has 5 heteroatoms. The molecule has 2 aromatic carbocycles. The Balaban J connectivity index is 1.50. The lowest BCUT2D eigenvalue weighted by Crippen LogP contribution is -2.03. The molecule has 0 amide bonds. The molecule has 148 valence electrons. The van der Waals surface area contributed by atoms with Gasteiger partial charge in [0, 0.05) is 23.5 Å². The van der Waals surface area contributed by atoms with Gasteiger partial charge in [0.1, 0.15) is 11.6 Å².